The molecule has 0 saturated heterocycles. The Bertz CT molecular complexity index is 689. The summed E-state index contributed by atoms with van der Waals surface area (Å²) in [7, 11) is 0. The number of hydrogen-bond donors (Lipinski definition) is 1. The van der Waals surface area contributed by atoms with Crippen LogP contribution >= 0.6 is 34.8 Å². The van der Waals surface area contributed by atoms with Gasteiger partial charge < -0.3 is 5.11 Å². The third-order valence-corrected chi connectivity index (χ3v) is 3.76. The number of hydrogen-bond acceptors (Lipinski definition) is 2. The molecule has 0 unspecified atom stereocenters. The van der Waals surface area contributed by atoms with Gasteiger partial charge in [0.15, 0.2) is 0 Å². The molecule has 2 aromatic rings. The fourth-order valence-corrected chi connectivity index (χ4v) is 2.37. The predicted octanol–water partition coefficient (Wildman–Crippen LogP) is 5.22. The molecule has 0 aliphatic rings. The molecule has 0 bridgehead atoms. The maximum Gasteiger partial charge on any atom is 0.417 e. The molecule has 0 amide bonds. The normalized spacial score (nSPS) is 11.8. The largest absolute Gasteiger partial charge is 0.417 e. The number of benzene rings is 1. The quantitative estimate of drug-likeness (QED) is 0.748. The third kappa shape index (κ3) is 3.43. The summed E-state index contributed by atoms with van der Waals surface area (Å²) >= 11 is 17.7. The Morgan fingerprint density at radius 2 is 1.62 bits per heavy atom. The highest BCUT2D eigenvalue weighted by molar-refractivity contribution is 6.44. The van der Waals surface area contributed by atoms with Crippen molar-refractivity contribution in [3.63, 3.8) is 0 Å². The van der Waals surface area contributed by atoms with Crippen LogP contribution in [-0.2, 0) is 12.8 Å². The van der Waals surface area contributed by atoms with Crippen LogP contribution in [0.3, 0.4) is 0 Å². The van der Waals surface area contributed by atoms with Gasteiger partial charge in [-0.05, 0) is 18.2 Å². The van der Waals surface area contributed by atoms with Gasteiger partial charge in [-0.15, -0.1) is 0 Å². The minimum absolute atomic E-state index is 0.00915. The van der Waals surface area contributed by atoms with Crippen molar-refractivity contribution >= 4 is 34.8 Å². The molecule has 0 aliphatic heterocycles. The lowest BCUT2D eigenvalue weighted by Gasteiger charge is -2.13. The number of pyridine rings is 1. The molecule has 2 rings (SSSR count). The fourth-order valence-electron chi connectivity index (χ4n) is 1.73. The Kier molecular flexibility index (Phi) is 4.68. The minimum Gasteiger partial charge on any atom is -0.392 e. The number of aliphatic hydroxyl groups excluding tert-OH is 1. The van der Waals surface area contributed by atoms with E-state index < -0.39 is 18.3 Å². The van der Waals surface area contributed by atoms with Crippen molar-refractivity contribution in [3.05, 3.63) is 50.6 Å². The van der Waals surface area contributed by atoms with Gasteiger partial charge in [0.25, 0.3) is 0 Å². The van der Waals surface area contributed by atoms with Crippen molar-refractivity contribution in [1.82, 2.24) is 4.98 Å². The van der Waals surface area contributed by atoms with E-state index in [0.717, 1.165) is 6.07 Å². The van der Waals surface area contributed by atoms with Gasteiger partial charge in [0.05, 0.1) is 32.9 Å². The lowest BCUT2D eigenvalue weighted by Crippen LogP contribution is -2.07. The minimum atomic E-state index is -4.54. The van der Waals surface area contributed by atoms with Gasteiger partial charge in [-0.2, -0.15) is 13.2 Å². The van der Waals surface area contributed by atoms with Crippen molar-refractivity contribution in [2.24, 2.45) is 0 Å². The van der Waals surface area contributed by atoms with Crippen LogP contribution in [0.5, 0.6) is 0 Å². The smallest absolute Gasteiger partial charge is 0.392 e. The van der Waals surface area contributed by atoms with Gasteiger partial charge in [-0.3, -0.25) is 4.98 Å². The molecule has 2 nitrogen and oxygen atoms in total. The Balaban J connectivity index is 2.62. The molecule has 1 heterocycles. The highest BCUT2D eigenvalue weighted by Crippen LogP contribution is 2.37. The van der Waals surface area contributed by atoms with Crippen LogP contribution in [0, 0.1) is 0 Å². The van der Waals surface area contributed by atoms with Crippen LogP contribution in [0.15, 0.2) is 24.4 Å². The number of aliphatic hydroxyl groups is 1. The molecule has 0 radical (unpaired) electrons. The van der Waals surface area contributed by atoms with Gasteiger partial charge >= 0.3 is 6.18 Å². The molecular formula is C13H7Cl3F3NO. The Morgan fingerprint density at radius 1 is 1.00 bits per heavy atom. The van der Waals surface area contributed by atoms with Crippen LogP contribution in [0.2, 0.25) is 15.1 Å². The van der Waals surface area contributed by atoms with E-state index in [0.29, 0.717) is 11.8 Å². The number of aromatic nitrogens is 1. The Morgan fingerprint density at radius 3 is 2.19 bits per heavy atom. The second-order valence-electron chi connectivity index (χ2n) is 4.13. The summed E-state index contributed by atoms with van der Waals surface area (Å²) in [6.45, 7) is -0.622. The van der Waals surface area contributed by atoms with Crippen LogP contribution in [0.4, 0.5) is 13.2 Å². The summed E-state index contributed by atoms with van der Waals surface area (Å²) in [5.41, 5.74) is -0.547. The first-order valence-corrected chi connectivity index (χ1v) is 6.69. The zero-order valence-corrected chi connectivity index (χ0v) is 12.4. The third-order valence-electron chi connectivity index (χ3n) is 2.73. The molecule has 8 heteroatoms. The summed E-state index contributed by atoms with van der Waals surface area (Å²) in [5, 5.41) is 9.84. The second kappa shape index (κ2) is 6.01. The van der Waals surface area contributed by atoms with E-state index in [1.165, 1.54) is 12.1 Å². The molecule has 1 aromatic heterocycles. The molecule has 0 aliphatic carbocycles. The molecule has 0 saturated carbocycles. The Labute approximate surface area is 133 Å². The summed E-state index contributed by atoms with van der Waals surface area (Å²) in [5.74, 6) is 0. The molecular weight excluding hydrogens is 350 g/mol. The highest BCUT2D eigenvalue weighted by atomic mass is 35.5. The number of rotatable bonds is 2. The molecule has 0 fully saturated rings. The van der Waals surface area contributed by atoms with E-state index in [2.05, 4.69) is 4.98 Å². The van der Waals surface area contributed by atoms with E-state index >= 15 is 0 Å². The average molecular weight is 357 g/mol. The van der Waals surface area contributed by atoms with Crippen molar-refractivity contribution in [1.29, 1.82) is 0 Å². The van der Waals surface area contributed by atoms with Gasteiger partial charge in [0, 0.05) is 17.3 Å². The van der Waals surface area contributed by atoms with Crippen molar-refractivity contribution < 1.29 is 18.3 Å². The predicted molar refractivity (Wildman–Crippen MR) is 75.6 cm³/mol. The summed E-state index contributed by atoms with van der Waals surface area (Å²) < 4.78 is 37.9. The average Bonchev–Trinajstić information content (AvgIpc) is 2.41. The van der Waals surface area contributed by atoms with Crippen LogP contribution in [0.25, 0.3) is 11.3 Å². The zero-order valence-electron chi connectivity index (χ0n) is 10.2. The van der Waals surface area contributed by atoms with E-state index in [9.17, 15) is 18.3 Å². The van der Waals surface area contributed by atoms with Crippen molar-refractivity contribution in [2.75, 3.05) is 0 Å². The monoisotopic (exact) mass is 355 g/mol. The number of nitrogens with zero attached hydrogens (tertiary/aromatic N) is 1. The molecule has 1 aromatic carbocycles. The summed E-state index contributed by atoms with van der Waals surface area (Å²) in [4.78, 5) is 3.75. The summed E-state index contributed by atoms with van der Waals surface area (Å²) in [6.07, 6.45) is -3.87. The topological polar surface area (TPSA) is 33.1 Å². The maximum absolute atomic E-state index is 12.6. The lowest BCUT2D eigenvalue weighted by atomic mass is 10.0. The van der Waals surface area contributed by atoms with Crippen LogP contribution in [-0.4, -0.2) is 10.1 Å². The van der Waals surface area contributed by atoms with Crippen molar-refractivity contribution in [2.45, 2.75) is 12.8 Å². The van der Waals surface area contributed by atoms with Gasteiger partial charge in [0.1, 0.15) is 0 Å². The van der Waals surface area contributed by atoms with E-state index in [1.807, 2.05) is 0 Å². The van der Waals surface area contributed by atoms with Crippen LogP contribution < -0.4 is 0 Å². The second-order valence-corrected chi connectivity index (χ2v) is 5.36. The van der Waals surface area contributed by atoms with E-state index in [1.54, 1.807) is 0 Å². The fraction of sp³-hybridized carbons (Fsp3) is 0.154. The number of alkyl halides is 3. The standard InChI is InChI=1S/C13H7Cl3F3NO/c14-9-3-11(16)10(15)2-8(9)12-6(5-21)1-7(4-20-12)13(17,18)19/h1-4,21H,5H2. The Hall–Kier alpha value is -1.01. The van der Waals surface area contributed by atoms with Crippen molar-refractivity contribution in [3.8, 4) is 11.3 Å². The first-order valence-electron chi connectivity index (χ1n) is 5.56. The first kappa shape index (κ1) is 16.4. The lowest BCUT2D eigenvalue weighted by molar-refractivity contribution is -0.137. The molecule has 0 atom stereocenters. The SMILES string of the molecule is OCc1cc(C(F)(F)F)cnc1-c1cc(Cl)c(Cl)cc1Cl. The van der Waals surface area contributed by atoms with Gasteiger partial charge in [0.2, 0.25) is 0 Å². The molecule has 112 valence electrons. The number of halogens is 6. The molecule has 21 heavy (non-hydrogen) atoms. The molecule has 0 spiro atoms. The van der Waals surface area contributed by atoms with Gasteiger partial charge in [-0.1, -0.05) is 34.8 Å². The van der Waals surface area contributed by atoms with Gasteiger partial charge in [-0.25, -0.2) is 0 Å². The van der Waals surface area contributed by atoms with E-state index in [-0.39, 0.29) is 26.3 Å². The maximum atomic E-state index is 12.6. The zero-order chi connectivity index (χ0) is 15.8. The first-order chi connectivity index (χ1) is 9.74. The van der Waals surface area contributed by atoms with Crippen LogP contribution in [0.1, 0.15) is 11.1 Å². The summed E-state index contributed by atoms with van der Waals surface area (Å²) in [6, 6.07) is 3.57. The highest BCUT2D eigenvalue weighted by Gasteiger charge is 2.31. The van der Waals surface area contributed by atoms with E-state index in [4.69, 9.17) is 34.8 Å². The molecule has 1 N–H and O–H groups in total.